The molecular formula is C15H22N2O2. The van der Waals surface area contributed by atoms with Crippen LogP contribution in [0.5, 0.6) is 0 Å². The van der Waals surface area contributed by atoms with E-state index in [2.05, 4.69) is 17.2 Å². The first-order valence-corrected chi connectivity index (χ1v) is 7.01. The summed E-state index contributed by atoms with van der Waals surface area (Å²) in [5.74, 6) is 0.114. The normalized spacial score (nSPS) is 23.1. The van der Waals surface area contributed by atoms with E-state index in [1.807, 2.05) is 19.2 Å². The Morgan fingerprint density at radius 2 is 2.42 bits per heavy atom. The number of carbonyl (C=O) groups is 1. The molecular weight excluding hydrogens is 240 g/mol. The molecule has 1 saturated heterocycles. The van der Waals surface area contributed by atoms with Crippen molar-refractivity contribution in [3.05, 3.63) is 29.6 Å². The first-order valence-electron chi connectivity index (χ1n) is 7.01. The summed E-state index contributed by atoms with van der Waals surface area (Å²) in [7, 11) is 0. The Morgan fingerprint density at radius 3 is 3.16 bits per heavy atom. The van der Waals surface area contributed by atoms with E-state index in [4.69, 9.17) is 4.74 Å². The average Bonchev–Trinajstić information content (AvgIpc) is 2.46. The molecule has 19 heavy (non-hydrogen) atoms. The van der Waals surface area contributed by atoms with Crippen molar-refractivity contribution in [3.8, 4) is 0 Å². The molecule has 4 heteroatoms. The Morgan fingerprint density at radius 1 is 1.58 bits per heavy atom. The van der Waals surface area contributed by atoms with Gasteiger partial charge in [-0.25, -0.2) is 0 Å². The van der Waals surface area contributed by atoms with Crippen molar-refractivity contribution < 1.29 is 9.53 Å². The second-order valence-electron chi connectivity index (χ2n) is 5.09. The Hall–Kier alpha value is -1.42. The third kappa shape index (κ3) is 3.53. The number of hydrogen-bond acceptors (Lipinski definition) is 3. The van der Waals surface area contributed by atoms with Gasteiger partial charge in [-0.15, -0.1) is 0 Å². The maximum atomic E-state index is 12.2. The predicted molar refractivity (Wildman–Crippen MR) is 73.6 cm³/mol. The summed E-state index contributed by atoms with van der Waals surface area (Å²) < 4.78 is 5.67. The topological polar surface area (TPSA) is 51.2 Å². The van der Waals surface area contributed by atoms with Gasteiger partial charge in [0.05, 0.1) is 12.0 Å². The molecule has 1 aromatic heterocycles. The number of aryl methyl sites for hydroxylation is 1. The SMILES string of the molecule is CCC1OCCCC1C(=O)NCc1ccncc1C. The molecule has 0 radical (unpaired) electrons. The van der Waals surface area contributed by atoms with Gasteiger partial charge in [0, 0.05) is 25.5 Å². The Bertz CT molecular complexity index is 434. The molecule has 0 aromatic carbocycles. The minimum Gasteiger partial charge on any atom is -0.377 e. The van der Waals surface area contributed by atoms with Crippen LogP contribution in [0.3, 0.4) is 0 Å². The van der Waals surface area contributed by atoms with Crippen LogP contribution in [0, 0.1) is 12.8 Å². The van der Waals surface area contributed by atoms with Crippen LogP contribution in [0.1, 0.15) is 37.3 Å². The highest BCUT2D eigenvalue weighted by molar-refractivity contribution is 5.79. The lowest BCUT2D eigenvalue weighted by Gasteiger charge is -2.30. The summed E-state index contributed by atoms with van der Waals surface area (Å²) in [4.78, 5) is 16.3. The van der Waals surface area contributed by atoms with Crippen molar-refractivity contribution in [2.75, 3.05) is 6.61 Å². The maximum Gasteiger partial charge on any atom is 0.225 e. The molecule has 2 atom stereocenters. The molecule has 2 heterocycles. The van der Waals surface area contributed by atoms with E-state index in [1.54, 1.807) is 6.20 Å². The summed E-state index contributed by atoms with van der Waals surface area (Å²) in [5, 5.41) is 3.03. The largest absolute Gasteiger partial charge is 0.377 e. The smallest absolute Gasteiger partial charge is 0.225 e. The van der Waals surface area contributed by atoms with Gasteiger partial charge in [0.2, 0.25) is 5.91 Å². The number of nitrogens with one attached hydrogen (secondary N) is 1. The first-order chi connectivity index (χ1) is 9.22. The van der Waals surface area contributed by atoms with Crippen LogP contribution >= 0.6 is 0 Å². The predicted octanol–water partition coefficient (Wildman–Crippen LogP) is 2.21. The quantitative estimate of drug-likeness (QED) is 0.905. The van der Waals surface area contributed by atoms with Gasteiger partial charge in [0.1, 0.15) is 0 Å². The molecule has 0 aliphatic carbocycles. The summed E-state index contributed by atoms with van der Waals surface area (Å²) in [5.41, 5.74) is 2.22. The summed E-state index contributed by atoms with van der Waals surface area (Å²) in [6.07, 6.45) is 6.45. The number of hydrogen-bond donors (Lipinski definition) is 1. The van der Waals surface area contributed by atoms with Crippen molar-refractivity contribution >= 4 is 5.91 Å². The van der Waals surface area contributed by atoms with Crippen molar-refractivity contribution in [1.29, 1.82) is 0 Å². The second kappa shape index (κ2) is 6.66. The standard InChI is InChI=1S/C15H22N2O2/c1-3-14-13(5-4-8-19-14)15(18)17-10-12-6-7-16-9-11(12)2/h6-7,9,13-14H,3-5,8,10H2,1-2H3,(H,17,18). The van der Waals surface area contributed by atoms with Crippen molar-refractivity contribution in [3.63, 3.8) is 0 Å². The molecule has 104 valence electrons. The van der Waals surface area contributed by atoms with Gasteiger partial charge in [-0.2, -0.15) is 0 Å². The lowest BCUT2D eigenvalue weighted by atomic mass is 9.91. The molecule has 1 aromatic rings. The van der Waals surface area contributed by atoms with Crippen LogP contribution in [-0.4, -0.2) is 23.6 Å². The lowest BCUT2D eigenvalue weighted by molar-refractivity contribution is -0.134. The van der Waals surface area contributed by atoms with E-state index in [0.29, 0.717) is 6.54 Å². The first kappa shape index (κ1) is 14.0. The fourth-order valence-electron chi connectivity index (χ4n) is 2.56. The Balaban J connectivity index is 1.92. The van der Waals surface area contributed by atoms with E-state index >= 15 is 0 Å². The molecule has 0 spiro atoms. The van der Waals surface area contributed by atoms with Crippen molar-refractivity contribution in [2.45, 2.75) is 45.8 Å². The monoisotopic (exact) mass is 262 g/mol. The molecule has 4 nitrogen and oxygen atoms in total. The van der Waals surface area contributed by atoms with Gasteiger partial charge >= 0.3 is 0 Å². The number of rotatable bonds is 4. The Kier molecular flexibility index (Phi) is 4.91. The van der Waals surface area contributed by atoms with Crippen LogP contribution in [0.15, 0.2) is 18.5 Å². The number of amides is 1. The zero-order chi connectivity index (χ0) is 13.7. The number of aromatic nitrogens is 1. The number of pyridine rings is 1. The van der Waals surface area contributed by atoms with E-state index in [1.165, 1.54) is 0 Å². The van der Waals surface area contributed by atoms with Gasteiger partial charge in [-0.1, -0.05) is 6.92 Å². The zero-order valence-electron chi connectivity index (χ0n) is 11.7. The number of nitrogens with zero attached hydrogens (tertiary/aromatic N) is 1. The lowest BCUT2D eigenvalue weighted by Crippen LogP contribution is -2.41. The van der Waals surface area contributed by atoms with Crippen LogP contribution in [-0.2, 0) is 16.1 Å². The van der Waals surface area contributed by atoms with Crippen molar-refractivity contribution in [1.82, 2.24) is 10.3 Å². The van der Waals surface area contributed by atoms with Crippen LogP contribution < -0.4 is 5.32 Å². The molecule has 1 fully saturated rings. The fraction of sp³-hybridized carbons (Fsp3) is 0.600. The van der Waals surface area contributed by atoms with E-state index in [9.17, 15) is 4.79 Å². The summed E-state index contributed by atoms with van der Waals surface area (Å²) >= 11 is 0. The highest BCUT2D eigenvalue weighted by Gasteiger charge is 2.30. The van der Waals surface area contributed by atoms with Gasteiger partial charge in [-0.05, 0) is 43.4 Å². The van der Waals surface area contributed by atoms with E-state index in [0.717, 1.165) is 37.0 Å². The maximum absolute atomic E-state index is 12.2. The second-order valence-corrected chi connectivity index (χ2v) is 5.09. The van der Waals surface area contributed by atoms with Gasteiger partial charge in [-0.3, -0.25) is 9.78 Å². The van der Waals surface area contributed by atoms with E-state index in [-0.39, 0.29) is 17.9 Å². The number of ether oxygens (including phenoxy) is 1. The van der Waals surface area contributed by atoms with Gasteiger partial charge in [0.15, 0.2) is 0 Å². The molecule has 1 aliphatic heterocycles. The summed E-state index contributed by atoms with van der Waals surface area (Å²) in [6, 6.07) is 1.95. The minimum atomic E-state index is 0.000827. The molecule has 0 bridgehead atoms. The molecule has 1 aliphatic rings. The van der Waals surface area contributed by atoms with Crippen molar-refractivity contribution in [2.24, 2.45) is 5.92 Å². The van der Waals surface area contributed by atoms with E-state index < -0.39 is 0 Å². The fourth-order valence-corrected chi connectivity index (χ4v) is 2.56. The zero-order valence-corrected chi connectivity index (χ0v) is 11.7. The summed E-state index contributed by atoms with van der Waals surface area (Å²) in [6.45, 7) is 5.43. The Labute approximate surface area is 114 Å². The minimum absolute atomic E-state index is 0.000827. The molecule has 1 amide bonds. The van der Waals surface area contributed by atoms with Crippen LogP contribution in [0.4, 0.5) is 0 Å². The van der Waals surface area contributed by atoms with Gasteiger partial charge in [0.25, 0.3) is 0 Å². The number of carbonyl (C=O) groups excluding carboxylic acids is 1. The highest BCUT2D eigenvalue weighted by Crippen LogP contribution is 2.23. The molecule has 2 unspecified atom stereocenters. The highest BCUT2D eigenvalue weighted by atomic mass is 16.5. The third-order valence-corrected chi connectivity index (χ3v) is 3.77. The molecule has 1 N–H and O–H groups in total. The van der Waals surface area contributed by atoms with Crippen LogP contribution in [0.25, 0.3) is 0 Å². The van der Waals surface area contributed by atoms with Crippen LogP contribution in [0.2, 0.25) is 0 Å². The molecule has 2 rings (SSSR count). The molecule has 0 saturated carbocycles. The average molecular weight is 262 g/mol. The van der Waals surface area contributed by atoms with Gasteiger partial charge < -0.3 is 10.1 Å². The third-order valence-electron chi connectivity index (χ3n) is 3.77.